The summed E-state index contributed by atoms with van der Waals surface area (Å²) in [5.74, 6) is 0.660. The van der Waals surface area contributed by atoms with Gasteiger partial charge in [-0.05, 0) is 38.4 Å². The average Bonchev–Trinajstić information content (AvgIpc) is 3.10. The zero-order chi connectivity index (χ0) is 15.2. The number of likely N-dealkylation sites (tertiary alicyclic amines) is 1. The Morgan fingerprint density at radius 2 is 2.00 bits per heavy atom. The lowest BCUT2D eigenvalue weighted by Crippen LogP contribution is -2.49. The second kappa shape index (κ2) is 8.11. The summed E-state index contributed by atoms with van der Waals surface area (Å²) >= 11 is 0. The number of likely N-dealkylation sites (N-methyl/N-ethyl adjacent to an activating group) is 1. The molecule has 2 aliphatic rings. The smallest absolute Gasteiger partial charge is 0.227 e. The highest BCUT2D eigenvalue weighted by atomic mass is 16.5. The van der Waals surface area contributed by atoms with Crippen molar-refractivity contribution in [2.75, 3.05) is 39.4 Å². The first-order valence-electron chi connectivity index (χ1n) is 8.46. The molecule has 2 saturated heterocycles. The molecule has 0 bridgehead atoms. The summed E-state index contributed by atoms with van der Waals surface area (Å²) in [6.07, 6.45) is 2.58. The van der Waals surface area contributed by atoms with Crippen LogP contribution in [0.5, 0.6) is 0 Å². The Hall–Kier alpha value is -0.650. The largest absolute Gasteiger partial charge is 0.379 e. The molecule has 0 aromatic rings. The lowest BCUT2D eigenvalue weighted by molar-refractivity contribution is -0.125. The number of amides is 1. The van der Waals surface area contributed by atoms with Gasteiger partial charge in [0.1, 0.15) is 0 Å². The molecule has 2 fully saturated rings. The van der Waals surface area contributed by atoms with Crippen LogP contribution in [0, 0.1) is 11.8 Å². The van der Waals surface area contributed by atoms with Gasteiger partial charge in [-0.25, -0.2) is 0 Å². The van der Waals surface area contributed by atoms with E-state index in [-0.39, 0.29) is 17.9 Å². The predicted octanol–water partition coefficient (Wildman–Crippen LogP) is 0.848. The van der Waals surface area contributed by atoms with Gasteiger partial charge in [-0.1, -0.05) is 20.8 Å². The standard InChI is InChI=1S/C16H31N3O2/c1-4-17-14-11-21-10-13(14)16(20)18-9-15(12(2)3)19-7-5-6-8-19/h12-15,17H,4-11H2,1-3H3,(H,18,20). The van der Waals surface area contributed by atoms with Crippen molar-refractivity contribution in [3.05, 3.63) is 0 Å². The van der Waals surface area contributed by atoms with Crippen molar-refractivity contribution in [1.82, 2.24) is 15.5 Å². The number of ether oxygens (including phenoxy) is 1. The van der Waals surface area contributed by atoms with E-state index in [1.807, 2.05) is 0 Å². The first-order chi connectivity index (χ1) is 10.1. The number of nitrogens with zero attached hydrogens (tertiary/aromatic N) is 1. The van der Waals surface area contributed by atoms with E-state index >= 15 is 0 Å². The Labute approximate surface area is 128 Å². The number of carbonyl (C=O) groups excluding carboxylic acids is 1. The van der Waals surface area contributed by atoms with Gasteiger partial charge in [-0.3, -0.25) is 9.69 Å². The molecule has 2 heterocycles. The summed E-state index contributed by atoms with van der Waals surface area (Å²) in [7, 11) is 0. The number of hydrogen-bond acceptors (Lipinski definition) is 4. The molecule has 0 radical (unpaired) electrons. The minimum Gasteiger partial charge on any atom is -0.379 e. The molecule has 1 amide bonds. The van der Waals surface area contributed by atoms with Crippen LogP contribution < -0.4 is 10.6 Å². The number of carbonyl (C=O) groups is 1. The number of nitrogens with one attached hydrogen (secondary N) is 2. The molecular formula is C16H31N3O2. The maximum absolute atomic E-state index is 12.4. The summed E-state index contributed by atoms with van der Waals surface area (Å²) in [4.78, 5) is 14.9. The molecule has 3 atom stereocenters. The molecule has 2 rings (SSSR count). The molecule has 2 N–H and O–H groups in total. The van der Waals surface area contributed by atoms with Gasteiger partial charge in [0.05, 0.1) is 19.1 Å². The van der Waals surface area contributed by atoms with Crippen LogP contribution in [0.1, 0.15) is 33.6 Å². The fourth-order valence-corrected chi connectivity index (χ4v) is 3.47. The van der Waals surface area contributed by atoms with Crippen molar-refractivity contribution in [2.45, 2.75) is 45.7 Å². The third-order valence-corrected chi connectivity index (χ3v) is 4.75. The average molecular weight is 297 g/mol. The second-order valence-electron chi connectivity index (χ2n) is 6.61. The Balaban J connectivity index is 1.83. The molecule has 5 heteroatoms. The van der Waals surface area contributed by atoms with Crippen LogP contribution in [0.4, 0.5) is 0 Å². The zero-order valence-electron chi connectivity index (χ0n) is 13.7. The van der Waals surface area contributed by atoms with E-state index in [9.17, 15) is 4.79 Å². The van der Waals surface area contributed by atoms with Crippen molar-refractivity contribution in [2.24, 2.45) is 11.8 Å². The van der Waals surface area contributed by atoms with E-state index in [4.69, 9.17) is 4.74 Å². The molecule has 0 aliphatic carbocycles. The van der Waals surface area contributed by atoms with E-state index in [0.29, 0.717) is 25.2 Å². The van der Waals surface area contributed by atoms with Crippen LogP contribution in [0.25, 0.3) is 0 Å². The highest BCUT2D eigenvalue weighted by Gasteiger charge is 2.34. The SMILES string of the molecule is CCNC1COCC1C(=O)NCC(C(C)C)N1CCCC1. The minimum atomic E-state index is -0.0451. The van der Waals surface area contributed by atoms with Gasteiger partial charge in [0.2, 0.25) is 5.91 Å². The molecule has 0 spiro atoms. The fraction of sp³-hybridized carbons (Fsp3) is 0.938. The van der Waals surface area contributed by atoms with Gasteiger partial charge in [-0.2, -0.15) is 0 Å². The summed E-state index contributed by atoms with van der Waals surface area (Å²) in [6.45, 7) is 11.7. The third kappa shape index (κ3) is 4.41. The van der Waals surface area contributed by atoms with Gasteiger partial charge in [0.25, 0.3) is 0 Å². The highest BCUT2D eigenvalue weighted by molar-refractivity contribution is 5.79. The first kappa shape index (κ1) is 16.7. The Kier molecular flexibility index (Phi) is 6.45. The molecule has 0 aromatic carbocycles. The van der Waals surface area contributed by atoms with E-state index in [0.717, 1.165) is 13.1 Å². The van der Waals surface area contributed by atoms with E-state index in [1.165, 1.54) is 25.9 Å². The summed E-state index contributed by atoms with van der Waals surface area (Å²) in [6, 6.07) is 0.621. The third-order valence-electron chi connectivity index (χ3n) is 4.75. The molecule has 122 valence electrons. The van der Waals surface area contributed by atoms with E-state index < -0.39 is 0 Å². The fourth-order valence-electron chi connectivity index (χ4n) is 3.47. The van der Waals surface area contributed by atoms with Crippen molar-refractivity contribution in [3.8, 4) is 0 Å². The van der Waals surface area contributed by atoms with Crippen molar-refractivity contribution in [3.63, 3.8) is 0 Å². The van der Waals surface area contributed by atoms with E-state index in [1.54, 1.807) is 0 Å². The molecule has 5 nitrogen and oxygen atoms in total. The van der Waals surface area contributed by atoms with Crippen molar-refractivity contribution in [1.29, 1.82) is 0 Å². The normalized spacial score (nSPS) is 28.2. The van der Waals surface area contributed by atoms with Crippen LogP contribution in [0.3, 0.4) is 0 Å². The summed E-state index contributed by atoms with van der Waals surface area (Å²) < 4.78 is 5.46. The van der Waals surface area contributed by atoms with Gasteiger partial charge < -0.3 is 15.4 Å². The predicted molar refractivity (Wildman–Crippen MR) is 84.2 cm³/mol. The summed E-state index contributed by atoms with van der Waals surface area (Å²) in [5.41, 5.74) is 0. The molecule has 0 saturated carbocycles. The Bertz CT molecular complexity index is 329. The maximum atomic E-state index is 12.4. The molecular weight excluding hydrogens is 266 g/mol. The van der Waals surface area contributed by atoms with Gasteiger partial charge in [0.15, 0.2) is 0 Å². The number of rotatable bonds is 7. The highest BCUT2D eigenvalue weighted by Crippen LogP contribution is 2.18. The maximum Gasteiger partial charge on any atom is 0.227 e. The first-order valence-corrected chi connectivity index (χ1v) is 8.46. The van der Waals surface area contributed by atoms with Crippen LogP contribution in [0.2, 0.25) is 0 Å². The van der Waals surface area contributed by atoms with Gasteiger partial charge in [0, 0.05) is 18.6 Å². The van der Waals surface area contributed by atoms with Crippen LogP contribution in [-0.4, -0.2) is 62.3 Å². The van der Waals surface area contributed by atoms with Crippen molar-refractivity contribution < 1.29 is 9.53 Å². The topological polar surface area (TPSA) is 53.6 Å². The van der Waals surface area contributed by atoms with Crippen LogP contribution in [0.15, 0.2) is 0 Å². The summed E-state index contributed by atoms with van der Waals surface area (Å²) in [5, 5.41) is 6.52. The zero-order valence-corrected chi connectivity index (χ0v) is 13.7. The Morgan fingerprint density at radius 3 is 2.62 bits per heavy atom. The lowest BCUT2D eigenvalue weighted by atomic mass is 10.0. The van der Waals surface area contributed by atoms with Crippen LogP contribution >= 0.6 is 0 Å². The molecule has 21 heavy (non-hydrogen) atoms. The quantitative estimate of drug-likeness (QED) is 0.731. The molecule has 0 aromatic heterocycles. The molecule has 3 unspecified atom stereocenters. The lowest BCUT2D eigenvalue weighted by Gasteiger charge is -2.31. The second-order valence-corrected chi connectivity index (χ2v) is 6.61. The van der Waals surface area contributed by atoms with Crippen LogP contribution in [-0.2, 0) is 9.53 Å². The van der Waals surface area contributed by atoms with Gasteiger partial charge >= 0.3 is 0 Å². The molecule has 2 aliphatic heterocycles. The van der Waals surface area contributed by atoms with E-state index in [2.05, 4.69) is 36.3 Å². The minimum absolute atomic E-state index is 0.0451. The monoisotopic (exact) mass is 297 g/mol. The Morgan fingerprint density at radius 1 is 1.29 bits per heavy atom. The van der Waals surface area contributed by atoms with Crippen molar-refractivity contribution >= 4 is 5.91 Å². The van der Waals surface area contributed by atoms with Gasteiger partial charge in [-0.15, -0.1) is 0 Å². The number of hydrogen-bond donors (Lipinski definition) is 2.